The van der Waals surface area contributed by atoms with Crippen molar-refractivity contribution in [2.24, 2.45) is 28.6 Å². The molecule has 0 N–H and O–H groups in total. The van der Waals surface area contributed by atoms with E-state index in [4.69, 9.17) is 14.4 Å². The molecular formula is C24H27FN2O11. The zero-order valence-electron chi connectivity index (χ0n) is 21.1. The predicted molar refractivity (Wildman–Crippen MR) is 122 cm³/mol. The summed E-state index contributed by atoms with van der Waals surface area (Å²) in [5.41, 5.74) is -8.47. The Hall–Kier alpha value is -3.71. The minimum Gasteiger partial charge on any atom is -0.458 e. The van der Waals surface area contributed by atoms with Gasteiger partial charge < -0.3 is 9.57 Å². The maximum Gasteiger partial charge on any atom is 0.303 e. The van der Waals surface area contributed by atoms with Gasteiger partial charge in [-0.25, -0.2) is 4.39 Å². The van der Waals surface area contributed by atoms with E-state index in [1.54, 1.807) is 0 Å². The predicted octanol–water partition coefficient (Wildman–Crippen LogP) is 2.08. The molecule has 14 heteroatoms. The van der Waals surface area contributed by atoms with Crippen molar-refractivity contribution in [3.63, 3.8) is 0 Å². The number of ketones is 3. The molecule has 0 aromatic heterocycles. The number of esters is 1. The normalized spacial score (nSPS) is 41.2. The van der Waals surface area contributed by atoms with Gasteiger partial charge in [-0.3, -0.25) is 24.0 Å². The third kappa shape index (κ3) is 3.48. The Bertz CT molecular complexity index is 1220. The number of hydrogen-bond donors (Lipinski definition) is 0. The van der Waals surface area contributed by atoms with Gasteiger partial charge in [0.1, 0.15) is 6.10 Å². The molecule has 0 bridgehead atoms. The fourth-order valence-electron chi connectivity index (χ4n) is 7.77. The molecule has 8 atom stereocenters. The molecule has 13 nitrogen and oxygen atoms in total. The minimum atomic E-state index is -2.61. The number of ether oxygens (including phenoxy) is 1. The number of nitrogens with zero attached hydrogens (tertiary/aromatic N) is 2. The Labute approximate surface area is 215 Å². The van der Waals surface area contributed by atoms with E-state index < -0.39 is 98.9 Å². The summed E-state index contributed by atoms with van der Waals surface area (Å²) < 4.78 is 22.5. The summed E-state index contributed by atoms with van der Waals surface area (Å²) in [7, 11) is 0. The Morgan fingerprint density at radius 2 is 1.82 bits per heavy atom. The Morgan fingerprint density at radius 1 is 1.16 bits per heavy atom. The molecule has 0 unspecified atom stereocenters. The highest BCUT2D eigenvalue weighted by Crippen LogP contribution is 2.71. The minimum absolute atomic E-state index is 0.0112. The summed E-state index contributed by atoms with van der Waals surface area (Å²) in [4.78, 5) is 83.5. The smallest absolute Gasteiger partial charge is 0.303 e. The second-order valence-corrected chi connectivity index (χ2v) is 10.9. The SMILES string of the molecule is CC(=O)OCC(=O)[C@]1(O[N+](=O)[O-])[C@@H](C)C[C@H]2[C@@H]3CC(=O)C4=CC(=O)C=C[C@]4(C)[C@@]3(F)[C@@H](O[N+](=O)[O-])C[C@@]21C. The van der Waals surface area contributed by atoms with Crippen LogP contribution >= 0.6 is 0 Å². The molecule has 0 aromatic rings. The lowest BCUT2D eigenvalue weighted by Crippen LogP contribution is -2.71. The van der Waals surface area contributed by atoms with Crippen LogP contribution in [0.15, 0.2) is 23.8 Å². The number of hydrogen-bond acceptors (Lipinski definition) is 11. The molecule has 38 heavy (non-hydrogen) atoms. The van der Waals surface area contributed by atoms with Crippen LogP contribution in [0.1, 0.15) is 47.0 Å². The van der Waals surface area contributed by atoms with Crippen molar-refractivity contribution in [3.05, 3.63) is 44.0 Å². The van der Waals surface area contributed by atoms with Gasteiger partial charge in [0.05, 0.1) is 5.41 Å². The number of carbonyl (C=O) groups excluding carboxylic acids is 4. The van der Waals surface area contributed by atoms with Crippen molar-refractivity contribution in [3.8, 4) is 0 Å². The van der Waals surface area contributed by atoms with Crippen molar-refractivity contribution >= 4 is 23.3 Å². The number of rotatable bonds is 7. The van der Waals surface area contributed by atoms with E-state index in [1.165, 1.54) is 26.8 Å². The summed E-state index contributed by atoms with van der Waals surface area (Å²) in [6.07, 6.45) is 0.338. The highest BCUT2D eigenvalue weighted by atomic mass is 19.1. The van der Waals surface area contributed by atoms with E-state index in [0.29, 0.717) is 0 Å². The maximum absolute atomic E-state index is 17.7. The van der Waals surface area contributed by atoms with Gasteiger partial charge in [0.15, 0.2) is 29.4 Å². The lowest BCUT2D eigenvalue weighted by molar-refractivity contribution is -0.786. The first-order valence-electron chi connectivity index (χ1n) is 12.0. The molecule has 0 aliphatic heterocycles. The molecule has 0 amide bonds. The van der Waals surface area contributed by atoms with Gasteiger partial charge in [0, 0.05) is 30.3 Å². The topological polar surface area (TPSA) is 182 Å². The van der Waals surface area contributed by atoms with E-state index in [1.807, 2.05) is 0 Å². The molecule has 0 spiro atoms. The average molecular weight is 538 g/mol. The van der Waals surface area contributed by atoms with Crippen LogP contribution in [0.25, 0.3) is 0 Å². The molecule has 0 saturated heterocycles. The zero-order valence-corrected chi connectivity index (χ0v) is 21.1. The van der Waals surface area contributed by atoms with Crippen LogP contribution < -0.4 is 0 Å². The van der Waals surface area contributed by atoms with Crippen LogP contribution in [0.4, 0.5) is 4.39 Å². The molecule has 206 valence electrons. The van der Waals surface area contributed by atoms with E-state index in [2.05, 4.69) is 0 Å². The Balaban J connectivity index is 1.93. The summed E-state index contributed by atoms with van der Waals surface area (Å²) in [5, 5.41) is 20.9. The van der Waals surface area contributed by atoms with Gasteiger partial charge >= 0.3 is 5.97 Å². The van der Waals surface area contributed by atoms with Crippen LogP contribution in [0.5, 0.6) is 0 Å². The van der Waals surface area contributed by atoms with E-state index >= 15 is 4.39 Å². The molecule has 0 aromatic carbocycles. The van der Waals surface area contributed by atoms with E-state index in [-0.39, 0.29) is 12.0 Å². The van der Waals surface area contributed by atoms with Crippen LogP contribution in [0, 0.1) is 48.8 Å². The van der Waals surface area contributed by atoms with Gasteiger partial charge in [-0.2, -0.15) is 0 Å². The van der Waals surface area contributed by atoms with E-state index in [0.717, 1.165) is 19.1 Å². The number of carbonyl (C=O) groups is 4. The highest BCUT2D eigenvalue weighted by molar-refractivity contribution is 6.10. The third-order valence-corrected chi connectivity index (χ3v) is 9.25. The number of allylic oxidation sites excluding steroid dienone is 4. The maximum atomic E-state index is 17.7. The molecule has 4 aliphatic rings. The molecular weight excluding hydrogens is 511 g/mol. The van der Waals surface area contributed by atoms with E-state index in [9.17, 15) is 39.4 Å². The van der Waals surface area contributed by atoms with Crippen LogP contribution in [0.3, 0.4) is 0 Å². The number of alkyl halides is 1. The molecule has 4 rings (SSSR count). The van der Waals surface area contributed by atoms with Gasteiger partial charge in [0.25, 0.3) is 10.2 Å². The van der Waals surface area contributed by atoms with Gasteiger partial charge in [-0.05, 0) is 43.8 Å². The van der Waals surface area contributed by atoms with Crippen molar-refractivity contribution < 1.29 is 48.2 Å². The van der Waals surface area contributed by atoms with Crippen molar-refractivity contribution in [1.82, 2.24) is 0 Å². The molecule has 0 radical (unpaired) electrons. The van der Waals surface area contributed by atoms with Crippen LogP contribution in [0.2, 0.25) is 0 Å². The largest absolute Gasteiger partial charge is 0.458 e. The van der Waals surface area contributed by atoms with Crippen molar-refractivity contribution in [1.29, 1.82) is 0 Å². The number of fused-ring (bicyclic) bond motifs is 5. The molecule has 0 heterocycles. The standard InChI is InChI=1S/C24H27FN2O11/c1-12-7-15-16-9-18(30)17-8-14(29)5-6-21(17,3)23(16,25)20(37-26(32)33)10-22(15,4)24(12,38-27(34)35)19(31)11-36-13(2)28/h5-6,8,12,15-16,20H,7,9-11H2,1-4H3/t12-,15-,16-,20-,21-,22-,23-,24+/m0/s1. The van der Waals surface area contributed by atoms with Crippen LogP contribution in [-0.2, 0) is 33.6 Å². The Morgan fingerprint density at radius 3 is 2.39 bits per heavy atom. The second-order valence-electron chi connectivity index (χ2n) is 10.9. The summed E-state index contributed by atoms with van der Waals surface area (Å²) in [6, 6.07) is 0. The third-order valence-electron chi connectivity index (χ3n) is 9.25. The summed E-state index contributed by atoms with van der Waals surface area (Å²) >= 11 is 0. The van der Waals surface area contributed by atoms with Gasteiger partial charge in [-0.1, -0.05) is 19.9 Å². The first kappa shape index (κ1) is 27.3. The summed E-state index contributed by atoms with van der Waals surface area (Å²) in [5.74, 6) is -6.03. The molecule has 4 aliphatic carbocycles. The first-order valence-corrected chi connectivity index (χ1v) is 12.0. The first-order chi connectivity index (χ1) is 17.5. The Kier molecular flexibility index (Phi) is 6.23. The fourth-order valence-corrected chi connectivity index (χ4v) is 7.77. The number of Topliss-reactive ketones (excluding diaryl/α,β-unsaturated/α-hetero) is 2. The lowest BCUT2D eigenvalue weighted by Gasteiger charge is -2.62. The van der Waals surface area contributed by atoms with Crippen molar-refractivity contribution in [2.75, 3.05) is 6.61 Å². The fraction of sp³-hybridized carbons (Fsp3) is 0.667. The molecule has 3 saturated carbocycles. The quantitative estimate of drug-likeness (QED) is 0.263. The van der Waals surface area contributed by atoms with Crippen molar-refractivity contribution in [2.45, 2.75) is 64.3 Å². The monoisotopic (exact) mass is 538 g/mol. The summed E-state index contributed by atoms with van der Waals surface area (Å²) in [6.45, 7) is 4.42. The highest BCUT2D eigenvalue weighted by Gasteiger charge is 2.79. The lowest BCUT2D eigenvalue weighted by atomic mass is 9.44. The molecule has 3 fully saturated rings. The van der Waals surface area contributed by atoms with Gasteiger partial charge in [-0.15, -0.1) is 20.2 Å². The zero-order chi connectivity index (χ0) is 28.4. The van der Waals surface area contributed by atoms with Gasteiger partial charge in [0.2, 0.25) is 5.78 Å². The number of halogens is 1. The average Bonchev–Trinajstić information content (AvgIpc) is 3.02. The second kappa shape index (κ2) is 8.67. The van der Waals surface area contributed by atoms with Crippen LogP contribution in [-0.4, -0.2) is 57.5 Å².